The Labute approximate surface area is 207 Å². The number of hydrogen-bond acceptors (Lipinski definition) is 8. The van der Waals surface area contributed by atoms with Gasteiger partial charge in [0.1, 0.15) is 5.75 Å². The van der Waals surface area contributed by atoms with Gasteiger partial charge in [0.05, 0.1) is 23.7 Å². The molecule has 0 spiro atoms. The highest BCUT2D eigenvalue weighted by Crippen LogP contribution is 2.34. The van der Waals surface area contributed by atoms with Gasteiger partial charge in [0.25, 0.3) is 0 Å². The zero-order valence-corrected chi connectivity index (χ0v) is 20.7. The maximum atomic E-state index is 11.8. The topological polar surface area (TPSA) is 101 Å². The molecule has 1 aliphatic heterocycles. The Balaban J connectivity index is 1.54. The Hall–Kier alpha value is -3.66. The van der Waals surface area contributed by atoms with Crippen LogP contribution in [0, 0.1) is 0 Å². The number of pyridine rings is 1. The molecule has 35 heavy (non-hydrogen) atoms. The second kappa shape index (κ2) is 9.53. The SMILES string of the molecule is CCn1ncc2c3c(NCc4ccc(OC)c(Cl)c4)nnc(N4CCN(C(C)=O)CC4)c3cnc21. The molecule has 0 atom stereocenters. The number of carbonyl (C=O) groups is 1. The van der Waals surface area contributed by atoms with Crippen molar-refractivity contribution in [3.05, 3.63) is 41.2 Å². The molecule has 0 unspecified atom stereocenters. The average Bonchev–Trinajstić information content (AvgIpc) is 3.30. The van der Waals surface area contributed by atoms with E-state index in [2.05, 4.69) is 25.5 Å². The van der Waals surface area contributed by atoms with Crippen molar-refractivity contribution in [2.75, 3.05) is 43.5 Å². The maximum Gasteiger partial charge on any atom is 0.219 e. The Morgan fingerprint density at radius 1 is 1.14 bits per heavy atom. The Bertz CT molecular complexity index is 1400. The van der Waals surface area contributed by atoms with Gasteiger partial charge in [-0.25, -0.2) is 9.67 Å². The van der Waals surface area contributed by atoms with Crippen molar-refractivity contribution in [3.63, 3.8) is 0 Å². The number of ether oxygens (including phenoxy) is 1. The quantitative estimate of drug-likeness (QED) is 0.435. The summed E-state index contributed by atoms with van der Waals surface area (Å²) in [4.78, 5) is 20.5. The lowest BCUT2D eigenvalue weighted by Crippen LogP contribution is -2.48. The Morgan fingerprint density at radius 3 is 2.63 bits per heavy atom. The van der Waals surface area contributed by atoms with Crippen LogP contribution >= 0.6 is 11.6 Å². The number of nitrogens with one attached hydrogen (secondary N) is 1. The molecule has 4 aromatic rings. The summed E-state index contributed by atoms with van der Waals surface area (Å²) in [7, 11) is 1.60. The first kappa shape index (κ1) is 23.1. The lowest BCUT2D eigenvalue weighted by Gasteiger charge is -2.35. The fraction of sp³-hybridized carbons (Fsp3) is 0.375. The van der Waals surface area contributed by atoms with Crippen molar-refractivity contribution in [2.45, 2.75) is 26.9 Å². The highest BCUT2D eigenvalue weighted by atomic mass is 35.5. The van der Waals surface area contributed by atoms with Crippen molar-refractivity contribution in [3.8, 4) is 5.75 Å². The van der Waals surface area contributed by atoms with Gasteiger partial charge in [0.15, 0.2) is 17.3 Å². The minimum atomic E-state index is 0.0918. The summed E-state index contributed by atoms with van der Waals surface area (Å²) in [6.45, 7) is 7.55. The lowest BCUT2D eigenvalue weighted by atomic mass is 10.1. The summed E-state index contributed by atoms with van der Waals surface area (Å²) >= 11 is 6.31. The number of amides is 1. The van der Waals surface area contributed by atoms with E-state index in [-0.39, 0.29) is 5.91 Å². The van der Waals surface area contributed by atoms with Crippen LogP contribution in [0.15, 0.2) is 30.6 Å². The van der Waals surface area contributed by atoms with Crippen molar-refractivity contribution in [1.82, 2.24) is 29.9 Å². The largest absolute Gasteiger partial charge is 0.495 e. The third-order valence-electron chi connectivity index (χ3n) is 6.39. The highest BCUT2D eigenvalue weighted by Gasteiger charge is 2.24. The van der Waals surface area contributed by atoms with E-state index in [1.165, 1.54) is 0 Å². The van der Waals surface area contributed by atoms with E-state index in [0.717, 1.165) is 33.2 Å². The third kappa shape index (κ3) is 4.29. The van der Waals surface area contributed by atoms with Gasteiger partial charge in [-0.05, 0) is 24.6 Å². The van der Waals surface area contributed by atoms with E-state index in [4.69, 9.17) is 21.3 Å². The normalized spacial score (nSPS) is 14.1. The molecule has 3 aromatic heterocycles. The number of aryl methyl sites for hydroxylation is 1. The van der Waals surface area contributed by atoms with Gasteiger partial charge >= 0.3 is 0 Å². The van der Waals surface area contributed by atoms with Gasteiger partial charge in [-0.3, -0.25) is 4.79 Å². The molecule has 1 saturated heterocycles. The molecule has 4 heterocycles. The van der Waals surface area contributed by atoms with E-state index >= 15 is 0 Å². The highest BCUT2D eigenvalue weighted by molar-refractivity contribution is 6.32. The fourth-order valence-corrected chi connectivity index (χ4v) is 4.76. The smallest absolute Gasteiger partial charge is 0.219 e. The molecule has 1 aliphatic rings. The van der Waals surface area contributed by atoms with Gasteiger partial charge in [-0.1, -0.05) is 17.7 Å². The summed E-state index contributed by atoms with van der Waals surface area (Å²) < 4.78 is 7.12. The van der Waals surface area contributed by atoms with E-state index in [9.17, 15) is 4.79 Å². The number of benzene rings is 1. The third-order valence-corrected chi connectivity index (χ3v) is 6.68. The van der Waals surface area contributed by atoms with Crippen molar-refractivity contribution in [1.29, 1.82) is 0 Å². The molecule has 1 N–H and O–H groups in total. The van der Waals surface area contributed by atoms with E-state index in [1.54, 1.807) is 14.0 Å². The summed E-state index contributed by atoms with van der Waals surface area (Å²) in [6, 6.07) is 5.68. The van der Waals surface area contributed by atoms with Gasteiger partial charge in [-0.15, -0.1) is 10.2 Å². The zero-order valence-electron chi connectivity index (χ0n) is 20.0. The number of anilines is 2. The second-order valence-corrected chi connectivity index (χ2v) is 8.84. The molecule has 0 bridgehead atoms. The molecular formula is C24H27ClN8O2. The molecule has 0 radical (unpaired) electrons. The van der Waals surface area contributed by atoms with Crippen LogP contribution in [0.2, 0.25) is 5.02 Å². The molecule has 5 rings (SSSR count). The van der Waals surface area contributed by atoms with Crippen LogP contribution < -0.4 is 15.0 Å². The standard InChI is InChI=1S/C24H27ClN8O2/c1-4-33-23-18(14-28-33)21-17(13-27-23)24(32-9-7-31(8-10-32)15(2)34)30-29-22(21)26-12-16-5-6-20(35-3)19(25)11-16/h5-6,11,13-14H,4,7-10,12H2,1-3H3,(H,26,29). The molecular weight excluding hydrogens is 468 g/mol. The summed E-state index contributed by atoms with van der Waals surface area (Å²) in [5.41, 5.74) is 1.79. The maximum absolute atomic E-state index is 11.8. The minimum absolute atomic E-state index is 0.0918. The van der Waals surface area contributed by atoms with Crippen molar-refractivity contribution < 1.29 is 9.53 Å². The van der Waals surface area contributed by atoms with Crippen LogP contribution in [0.25, 0.3) is 21.8 Å². The number of carbonyl (C=O) groups excluding carboxylic acids is 1. The first-order valence-corrected chi connectivity index (χ1v) is 12.0. The first-order chi connectivity index (χ1) is 17.0. The van der Waals surface area contributed by atoms with Crippen molar-refractivity contribution >= 4 is 50.9 Å². The van der Waals surface area contributed by atoms with Crippen LogP contribution in [0.4, 0.5) is 11.6 Å². The lowest BCUT2D eigenvalue weighted by molar-refractivity contribution is -0.129. The number of piperazine rings is 1. The monoisotopic (exact) mass is 494 g/mol. The molecule has 10 nitrogen and oxygen atoms in total. The van der Waals surface area contributed by atoms with Crippen LogP contribution in [-0.4, -0.2) is 69.1 Å². The van der Waals surface area contributed by atoms with Crippen LogP contribution in [0.3, 0.4) is 0 Å². The van der Waals surface area contributed by atoms with Crippen molar-refractivity contribution in [2.24, 2.45) is 0 Å². The van der Waals surface area contributed by atoms with Gasteiger partial charge in [-0.2, -0.15) is 5.10 Å². The summed E-state index contributed by atoms with van der Waals surface area (Å²) in [5, 5.41) is 20.4. The average molecular weight is 495 g/mol. The fourth-order valence-electron chi connectivity index (χ4n) is 4.48. The second-order valence-electron chi connectivity index (χ2n) is 8.43. The Kier molecular flexibility index (Phi) is 6.29. The number of halogens is 1. The summed E-state index contributed by atoms with van der Waals surface area (Å²) in [6.07, 6.45) is 3.69. The minimum Gasteiger partial charge on any atom is -0.495 e. The van der Waals surface area contributed by atoms with Gasteiger partial charge < -0.3 is 19.9 Å². The zero-order chi connectivity index (χ0) is 24.5. The van der Waals surface area contributed by atoms with E-state index in [1.807, 2.05) is 47.1 Å². The molecule has 1 amide bonds. The molecule has 0 saturated carbocycles. The number of methoxy groups -OCH3 is 1. The number of aromatic nitrogens is 5. The molecule has 11 heteroatoms. The van der Waals surface area contributed by atoms with Gasteiger partial charge in [0.2, 0.25) is 5.91 Å². The summed E-state index contributed by atoms with van der Waals surface area (Å²) in [5.74, 6) is 2.14. The molecule has 182 valence electrons. The molecule has 1 fully saturated rings. The van der Waals surface area contributed by atoms with Gasteiger partial charge in [0, 0.05) is 63.2 Å². The molecule has 0 aliphatic carbocycles. The number of rotatable bonds is 6. The number of fused-ring (bicyclic) bond motifs is 3. The van der Waals surface area contributed by atoms with E-state index in [0.29, 0.717) is 55.9 Å². The predicted octanol–water partition coefficient (Wildman–Crippen LogP) is 3.34. The van der Waals surface area contributed by atoms with Crippen LogP contribution in [0.1, 0.15) is 19.4 Å². The first-order valence-electron chi connectivity index (χ1n) is 11.6. The number of nitrogens with zero attached hydrogens (tertiary/aromatic N) is 7. The Morgan fingerprint density at radius 2 is 1.94 bits per heavy atom. The predicted molar refractivity (Wildman–Crippen MR) is 136 cm³/mol. The molecule has 1 aromatic carbocycles. The van der Waals surface area contributed by atoms with E-state index < -0.39 is 0 Å². The number of hydrogen-bond donors (Lipinski definition) is 1. The van der Waals surface area contributed by atoms with Crippen LogP contribution in [-0.2, 0) is 17.9 Å². The van der Waals surface area contributed by atoms with Crippen LogP contribution in [0.5, 0.6) is 5.75 Å².